The van der Waals surface area contributed by atoms with E-state index in [0.29, 0.717) is 16.4 Å². The molecule has 0 saturated carbocycles. The number of benzene rings is 1. The number of halogens is 1. The zero-order chi connectivity index (χ0) is 11.8. The Labute approximate surface area is 107 Å². The molecule has 84 valence electrons. The summed E-state index contributed by atoms with van der Waals surface area (Å²) in [5, 5.41) is 1.23. The Kier molecular flexibility index (Phi) is 2.59. The number of aromatic nitrogens is 3. The quantitative estimate of drug-likeness (QED) is 0.640. The number of hydrogen-bond acceptors (Lipinski definition) is 3. The van der Waals surface area contributed by atoms with Gasteiger partial charge in [-0.2, -0.15) is 0 Å². The van der Waals surface area contributed by atoms with Crippen molar-refractivity contribution in [1.29, 1.82) is 0 Å². The summed E-state index contributed by atoms with van der Waals surface area (Å²) in [6.45, 7) is 0. The van der Waals surface area contributed by atoms with Crippen LogP contribution in [0.25, 0.3) is 15.6 Å². The first-order chi connectivity index (χ1) is 8.25. The maximum atomic E-state index is 12.2. The van der Waals surface area contributed by atoms with Crippen molar-refractivity contribution in [2.24, 2.45) is 0 Å². The van der Waals surface area contributed by atoms with Gasteiger partial charge >= 0.3 is 107 Å². The molecule has 0 spiro atoms. The minimum atomic E-state index is -0.113. The Morgan fingerprint density at radius 3 is 2.76 bits per heavy atom. The van der Waals surface area contributed by atoms with Crippen LogP contribution in [0, 0.1) is 0 Å². The van der Waals surface area contributed by atoms with E-state index in [4.69, 9.17) is 11.6 Å². The van der Waals surface area contributed by atoms with Gasteiger partial charge in [-0.25, -0.2) is 0 Å². The van der Waals surface area contributed by atoms with Crippen molar-refractivity contribution in [1.82, 2.24) is 13.5 Å². The van der Waals surface area contributed by atoms with Gasteiger partial charge in [-0.3, -0.25) is 0 Å². The summed E-state index contributed by atoms with van der Waals surface area (Å²) < 4.78 is 2.62. The van der Waals surface area contributed by atoms with E-state index < -0.39 is 0 Å². The summed E-state index contributed by atoms with van der Waals surface area (Å²) in [4.78, 5) is 20.3. The van der Waals surface area contributed by atoms with E-state index in [1.54, 1.807) is 34.2 Å². The van der Waals surface area contributed by atoms with Crippen LogP contribution >= 0.6 is 11.6 Å². The molecule has 0 fully saturated rings. The van der Waals surface area contributed by atoms with Crippen LogP contribution in [0.5, 0.6) is 0 Å². The standard InChI is InChI=1S/C11H6ClN3OSe/c12-7-2-3-9-8(6-7)10(16)15(17-9)11-13-4-1-5-14-11/h1-6H. The second kappa shape index (κ2) is 4.11. The second-order valence-corrected chi connectivity index (χ2v) is 5.89. The third-order valence-corrected chi connectivity index (χ3v) is 4.75. The van der Waals surface area contributed by atoms with Gasteiger partial charge in [0.05, 0.1) is 0 Å². The molecule has 3 aromatic rings. The Balaban J connectivity index is 2.33. The molecule has 0 aliphatic rings. The molecule has 0 aliphatic heterocycles. The Bertz CT molecular complexity index is 735. The summed E-state index contributed by atoms with van der Waals surface area (Å²) in [5.41, 5.74) is -0.0753. The van der Waals surface area contributed by atoms with Crippen LogP contribution in [0.4, 0.5) is 0 Å². The second-order valence-electron chi connectivity index (χ2n) is 3.38. The van der Waals surface area contributed by atoms with Crippen LogP contribution in [0.15, 0.2) is 41.5 Å². The molecule has 6 heteroatoms. The molecule has 0 N–H and O–H groups in total. The molecule has 0 amide bonds. The predicted molar refractivity (Wildman–Crippen MR) is 67.1 cm³/mol. The molecular weight excluding hydrogens is 305 g/mol. The molecule has 0 radical (unpaired) electrons. The van der Waals surface area contributed by atoms with Crippen molar-refractivity contribution in [3.8, 4) is 5.95 Å². The minimum absolute atomic E-state index is 0.0753. The van der Waals surface area contributed by atoms with Gasteiger partial charge in [0.2, 0.25) is 0 Å². The molecule has 0 unspecified atom stereocenters. The van der Waals surface area contributed by atoms with Crippen molar-refractivity contribution < 1.29 is 0 Å². The number of rotatable bonds is 1. The number of nitrogens with zero attached hydrogens (tertiary/aromatic N) is 3. The van der Waals surface area contributed by atoms with E-state index >= 15 is 0 Å². The summed E-state index contributed by atoms with van der Waals surface area (Å²) in [6.07, 6.45) is 3.25. The van der Waals surface area contributed by atoms with Crippen molar-refractivity contribution >= 4 is 36.0 Å². The molecule has 2 aromatic heterocycles. The third-order valence-electron chi connectivity index (χ3n) is 2.28. The summed E-state index contributed by atoms with van der Waals surface area (Å²) in [5.74, 6) is 0.449. The van der Waals surface area contributed by atoms with Crippen molar-refractivity contribution in [2.75, 3.05) is 0 Å². The van der Waals surface area contributed by atoms with Gasteiger partial charge in [-0.15, -0.1) is 0 Å². The first-order valence-electron chi connectivity index (χ1n) is 4.85. The van der Waals surface area contributed by atoms with E-state index in [9.17, 15) is 4.79 Å². The molecule has 2 heterocycles. The average Bonchev–Trinajstić information content (AvgIpc) is 2.68. The molecule has 4 nitrogen and oxygen atoms in total. The number of fused-ring (bicyclic) bond motifs is 1. The van der Waals surface area contributed by atoms with Gasteiger partial charge in [0, 0.05) is 0 Å². The molecule has 17 heavy (non-hydrogen) atoms. The number of hydrogen-bond donors (Lipinski definition) is 0. The Hall–Kier alpha value is -1.42. The monoisotopic (exact) mass is 311 g/mol. The molecule has 3 rings (SSSR count). The van der Waals surface area contributed by atoms with Gasteiger partial charge in [0.15, 0.2) is 0 Å². The van der Waals surface area contributed by atoms with Crippen molar-refractivity contribution in [3.05, 3.63) is 52.0 Å². The van der Waals surface area contributed by atoms with E-state index in [0.717, 1.165) is 4.26 Å². The van der Waals surface area contributed by atoms with E-state index in [1.807, 2.05) is 6.07 Å². The zero-order valence-electron chi connectivity index (χ0n) is 8.50. The molecule has 0 aliphatic carbocycles. The topological polar surface area (TPSA) is 47.8 Å². The van der Waals surface area contributed by atoms with Crippen LogP contribution in [0.3, 0.4) is 0 Å². The fraction of sp³-hybridized carbons (Fsp3) is 0. The summed E-state index contributed by atoms with van der Waals surface area (Å²) >= 11 is 5.77. The van der Waals surface area contributed by atoms with Crippen LogP contribution < -0.4 is 5.56 Å². The Morgan fingerprint density at radius 1 is 1.24 bits per heavy atom. The van der Waals surface area contributed by atoms with E-state index in [-0.39, 0.29) is 20.3 Å². The van der Waals surface area contributed by atoms with Gasteiger partial charge in [-0.05, 0) is 0 Å². The van der Waals surface area contributed by atoms with Crippen molar-refractivity contribution in [3.63, 3.8) is 0 Å². The van der Waals surface area contributed by atoms with Gasteiger partial charge < -0.3 is 0 Å². The SMILES string of the molecule is O=c1c2cc(Cl)ccc2[se]n1-c1ncccn1. The normalized spacial score (nSPS) is 10.9. The molecule has 0 saturated heterocycles. The molecule has 1 aromatic carbocycles. The van der Waals surface area contributed by atoms with Gasteiger partial charge in [-0.1, -0.05) is 0 Å². The van der Waals surface area contributed by atoms with Crippen molar-refractivity contribution in [2.45, 2.75) is 0 Å². The molecular formula is C11H6ClN3OSe. The van der Waals surface area contributed by atoms with E-state index in [2.05, 4.69) is 9.97 Å². The first kappa shape index (κ1) is 10.7. The fourth-order valence-electron chi connectivity index (χ4n) is 1.53. The summed E-state index contributed by atoms with van der Waals surface area (Å²) in [7, 11) is 0. The zero-order valence-corrected chi connectivity index (χ0v) is 11.0. The van der Waals surface area contributed by atoms with Gasteiger partial charge in [0.1, 0.15) is 0 Å². The fourth-order valence-corrected chi connectivity index (χ4v) is 3.64. The predicted octanol–water partition coefficient (Wildman–Crippen LogP) is 1.49. The van der Waals surface area contributed by atoms with Crippen LogP contribution in [-0.2, 0) is 0 Å². The van der Waals surface area contributed by atoms with Crippen LogP contribution in [0.1, 0.15) is 0 Å². The summed E-state index contributed by atoms with van der Waals surface area (Å²) in [6, 6.07) is 7.11. The average molecular weight is 311 g/mol. The van der Waals surface area contributed by atoms with Gasteiger partial charge in [0.25, 0.3) is 0 Å². The third kappa shape index (κ3) is 1.82. The molecule has 0 atom stereocenters. The Morgan fingerprint density at radius 2 is 2.00 bits per heavy atom. The first-order valence-corrected chi connectivity index (χ1v) is 6.85. The van der Waals surface area contributed by atoms with Crippen LogP contribution in [-0.4, -0.2) is 28.3 Å². The maximum absolute atomic E-state index is 12.2. The van der Waals surface area contributed by atoms with E-state index in [1.165, 1.54) is 0 Å². The molecule has 0 bridgehead atoms. The van der Waals surface area contributed by atoms with Crippen LogP contribution in [0.2, 0.25) is 5.02 Å².